The lowest BCUT2D eigenvalue weighted by atomic mass is 10.1. The van der Waals surface area contributed by atoms with Crippen molar-refractivity contribution in [1.82, 2.24) is 20.1 Å². The zero-order valence-corrected chi connectivity index (χ0v) is 21.2. The third kappa shape index (κ3) is 5.52. The summed E-state index contributed by atoms with van der Waals surface area (Å²) in [5, 5.41) is 4.69. The van der Waals surface area contributed by atoms with Crippen molar-refractivity contribution in [3.63, 3.8) is 0 Å². The standard InChI is InChI=1S/C22H31N5OS.HI/c1-16-21(29-17(2)25-16)9-10-24-22(23-3)27-14-19-20(15-27)28-12-11-26(19)13-18-7-5-4-6-8-18;/h4-8,19-20H,9-15H2,1-3H3,(H,23,24);1H. The number of likely N-dealkylation sites (tertiary alicyclic amines) is 1. The van der Waals surface area contributed by atoms with Crippen molar-refractivity contribution < 1.29 is 4.74 Å². The molecule has 1 aromatic heterocycles. The second kappa shape index (κ2) is 10.9. The largest absolute Gasteiger partial charge is 0.373 e. The Labute approximate surface area is 200 Å². The fourth-order valence-electron chi connectivity index (χ4n) is 4.37. The van der Waals surface area contributed by atoms with Gasteiger partial charge in [-0.25, -0.2) is 4.98 Å². The summed E-state index contributed by atoms with van der Waals surface area (Å²) >= 11 is 1.79. The van der Waals surface area contributed by atoms with Crippen LogP contribution in [0, 0.1) is 13.8 Å². The van der Waals surface area contributed by atoms with Gasteiger partial charge in [0, 0.05) is 51.1 Å². The molecule has 2 atom stereocenters. The van der Waals surface area contributed by atoms with Crippen LogP contribution in [0.2, 0.25) is 0 Å². The molecule has 0 radical (unpaired) electrons. The normalized spacial score (nSPS) is 22.0. The maximum Gasteiger partial charge on any atom is 0.193 e. The Bertz CT molecular complexity index is 843. The molecular formula is C22H32IN5OS. The quantitative estimate of drug-likeness (QED) is 0.359. The van der Waals surface area contributed by atoms with Gasteiger partial charge < -0.3 is 15.0 Å². The van der Waals surface area contributed by atoms with Crippen molar-refractivity contribution in [2.75, 3.05) is 39.8 Å². The van der Waals surface area contributed by atoms with Gasteiger partial charge in [-0.15, -0.1) is 35.3 Å². The predicted molar refractivity (Wildman–Crippen MR) is 134 cm³/mol. The van der Waals surface area contributed by atoms with Crippen molar-refractivity contribution in [1.29, 1.82) is 0 Å². The van der Waals surface area contributed by atoms with Crippen LogP contribution >= 0.6 is 35.3 Å². The summed E-state index contributed by atoms with van der Waals surface area (Å²) in [5.41, 5.74) is 2.52. The van der Waals surface area contributed by atoms with Crippen LogP contribution in [-0.2, 0) is 17.7 Å². The Balaban J connectivity index is 0.00000256. The molecule has 8 heteroatoms. The van der Waals surface area contributed by atoms with E-state index in [1.54, 1.807) is 11.3 Å². The molecule has 2 aliphatic rings. The number of nitrogens with one attached hydrogen (secondary N) is 1. The highest BCUT2D eigenvalue weighted by atomic mass is 127. The minimum absolute atomic E-state index is 0. The minimum atomic E-state index is 0. The Morgan fingerprint density at radius 1 is 1.27 bits per heavy atom. The average molecular weight is 542 g/mol. The third-order valence-corrected chi connectivity index (χ3v) is 6.92. The second-order valence-electron chi connectivity index (χ2n) is 7.80. The second-order valence-corrected chi connectivity index (χ2v) is 9.09. The molecule has 2 saturated heterocycles. The number of halogens is 1. The summed E-state index contributed by atoms with van der Waals surface area (Å²) < 4.78 is 6.11. The molecule has 30 heavy (non-hydrogen) atoms. The lowest BCUT2D eigenvalue weighted by Gasteiger charge is -2.36. The number of guanidine groups is 1. The van der Waals surface area contributed by atoms with E-state index in [0.717, 1.165) is 62.4 Å². The number of hydrogen-bond donors (Lipinski definition) is 1. The van der Waals surface area contributed by atoms with Gasteiger partial charge in [-0.05, 0) is 19.4 Å². The van der Waals surface area contributed by atoms with Crippen LogP contribution in [0.1, 0.15) is 21.1 Å². The fourth-order valence-corrected chi connectivity index (χ4v) is 5.31. The number of nitrogens with zero attached hydrogens (tertiary/aromatic N) is 4. The van der Waals surface area contributed by atoms with Gasteiger partial charge in [0.05, 0.1) is 29.5 Å². The molecule has 0 saturated carbocycles. The maximum atomic E-state index is 6.11. The van der Waals surface area contributed by atoms with E-state index in [1.165, 1.54) is 10.4 Å². The molecule has 164 valence electrons. The first-order valence-electron chi connectivity index (χ1n) is 10.4. The van der Waals surface area contributed by atoms with Gasteiger partial charge in [0.1, 0.15) is 0 Å². The number of morpholine rings is 1. The van der Waals surface area contributed by atoms with Gasteiger partial charge in [-0.3, -0.25) is 9.89 Å². The Hall–Kier alpha value is -1.23. The molecule has 6 nitrogen and oxygen atoms in total. The first kappa shape index (κ1) is 23.4. The monoisotopic (exact) mass is 541 g/mol. The predicted octanol–water partition coefficient (Wildman–Crippen LogP) is 3.08. The SMILES string of the molecule is CN=C(NCCc1sc(C)nc1C)N1CC2OCCN(Cc3ccccc3)C2C1.I. The number of ether oxygens (including phenoxy) is 1. The van der Waals surface area contributed by atoms with Crippen molar-refractivity contribution in [2.45, 2.75) is 39.0 Å². The third-order valence-electron chi connectivity index (χ3n) is 5.79. The van der Waals surface area contributed by atoms with Crippen LogP contribution in [0.3, 0.4) is 0 Å². The number of aryl methyl sites for hydroxylation is 2. The molecule has 2 aliphatic heterocycles. The topological polar surface area (TPSA) is 53.0 Å². The van der Waals surface area contributed by atoms with Crippen LogP contribution in [0.5, 0.6) is 0 Å². The van der Waals surface area contributed by atoms with Crippen molar-refractivity contribution in [2.24, 2.45) is 4.99 Å². The first-order valence-corrected chi connectivity index (χ1v) is 11.2. The van der Waals surface area contributed by atoms with Gasteiger partial charge in [-0.1, -0.05) is 30.3 Å². The molecule has 0 bridgehead atoms. The number of rotatable bonds is 5. The van der Waals surface area contributed by atoms with Crippen LogP contribution in [0.15, 0.2) is 35.3 Å². The number of aliphatic imine (C=N–C) groups is 1. The Kier molecular flexibility index (Phi) is 8.50. The summed E-state index contributed by atoms with van der Waals surface area (Å²) in [5.74, 6) is 0.974. The summed E-state index contributed by atoms with van der Waals surface area (Å²) in [6, 6.07) is 11.1. The van der Waals surface area contributed by atoms with E-state index in [4.69, 9.17) is 4.74 Å². The van der Waals surface area contributed by atoms with Gasteiger partial charge in [0.2, 0.25) is 0 Å². The van der Waals surface area contributed by atoms with Crippen molar-refractivity contribution >= 4 is 41.3 Å². The lowest BCUT2D eigenvalue weighted by molar-refractivity contribution is -0.0502. The summed E-state index contributed by atoms with van der Waals surface area (Å²) in [6.45, 7) is 9.66. The zero-order valence-electron chi connectivity index (χ0n) is 18.0. The summed E-state index contributed by atoms with van der Waals surface area (Å²) in [6.07, 6.45) is 1.23. The lowest BCUT2D eigenvalue weighted by Crippen LogP contribution is -2.50. The average Bonchev–Trinajstić information content (AvgIpc) is 3.29. The van der Waals surface area contributed by atoms with E-state index in [-0.39, 0.29) is 30.1 Å². The molecular weight excluding hydrogens is 509 g/mol. The van der Waals surface area contributed by atoms with Gasteiger partial charge in [0.15, 0.2) is 5.96 Å². The summed E-state index contributed by atoms with van der Waals surface area (Å²) in [7, 11) is 1.87. The van der Waals surface area contributed by atoms with Gasteiger partial charge >= 0.3 is 0 Å². The maximum absolute atomic E-state index is 6.11. The Morgan fingerprint density at radius 2 is 2.07 bits per heavy atom. The molecule has 2 fully saturated rings. The molecule has 1 N–H and O–H groups in total. The molecule has 4 rings (SSSR count). The number of fused-ring (bicyclic) bond motifs is 1. The van der Waals surface area contributed by atoms with E-state index in [2.05, 4.69) is 69.3 Å². The molecule has 0 amide bonds. The molecule has 1 aromatic carbocycles. The number of aromatic nitrogens is 1. The highest BCUT2D eigenvalue weighted by molar-refractivity contribution is 14.0. The van der Waals surface area contributed by atoms with Crippen LogP contribution in [-0.4, -0.2) is 72.7 Å². The van der Waals surface area contributed by atoms with E-state index in [9.17, 15) is 0 Å². The smallest absolute Gasteiger partial charge is 0.193 e. The molecule has 0 aliphatic carbocycles. The van der Waals surface area contributed by atoms with E-state index in [0.29, 0.717) is 6.04 Å². The van der Waals surface area contributed by atoms with Crippen LogP contribution < -0.4 is 5.32 Å². The van der Waals surface area contributed by atoms with Crippen LogP contribution in [0.25, 0.3) is 0 Å². The van der Waals surface area contributed by atoms with Gasteiger partial charge in [-0.2, -0.15) is 0 Å². The number of benzene rings is 1. The van der Waals surface area contributed by atoms with Crippen LogP contribution in [0.4, 0.5) is 0 Å². The first-order chi connectivity index (χ1) is 14.1. The molecule has 0 spiro atoms. The highest BCUT2D eigenvalue weighted by Gasteiger charge is 2.41. The summed E-state index contributed by atoms with van der Waals surface area (Å²) in [4.78, 5) is 15.3. The zero-order chi connectivity index (χ0) is 20.2. The molecule has 2 aromatic rings. The molecule has 3 heterocycles. The molecule has 2 unspecified atom stereocenters. The van der Waals surface area contributed by atoms with E-state index < -0.39 is 0 Å². The number of thiazole rings is 1. The Morgan fingerprint density at radius 3 is 2.77 bits per heavy atom. The fraction of sp³-hybridized carbons (Fsp3) is 0.545. The van der Waals surface area contributed by atoms with Gasteiger partial charge in [0.25, 0.3) is 0 Å². The van der Waals surface area contributed by atoms with E-state index >= 15 is 0 Å². The number of hydrogen-bond acceptors (Lipinski definition) is 5. The minimum Gasteiger partial charge on any atom is -0.373 e. The van der Waals surface area contributed by atoms with E-state index in [1.807, 2.05) is 7.05 Å². The van der Waals surface area contributed by atoms with Crippen molar-refractivity contribution in [3.05, 3.63) is 51.5 Å². The van der Waals surface area contributed by atoms with Crippen molar-refractivity contribution in [3.8, 4) is 0 Å². The highest BCUT2D eigenvalue weighted by Crippen LogP contribution is 2.25.